The van der Waals surface area contributed by atoms with Gasteiger partial charge in [0, 0.05) is 6.07 Å². The van der Waals surface area contributed by atoms with Crippen molar-refractivity contribution in [2.75, 3.05) is 0 Å². The van der Waals surface area contributed by atoms with E-state index in [2.05, 4.69) is 4.98 Å². The van der Waals surface area contributed by atoms with Crippen molar-refractivity contribution in [2.24, 2.45) is 0 Å². The molecular weight excluding hydrogens is 379 g/mol. The first-order valence-corrected chi connectivity index (χ1v) is 8.08. The van der Waals surface area contributed by atoms with Crippen molar-refractivity contribution in [3.8, 4) is 11.5 Å². The fourth-order valence-corrected chi connectivity index (χ4v) is 3.27. The van der Waals surface area contributed by atoms with E-state index >= 15 is 0 Å². The summed E-state index contributed by atoms with van der Waals surface area (Å²) in [5, 5.41) is 9.08. The summed E-state index contributed by atoms with van der Waals surface area (Å²) in [6.45, 7) is 0. The van der Waals surface area contributed by atoms with Gasteiger partial charge < -0.3 is 9.84 Å². The minimum atomic E-state index is -4.48. The van der Waals surface area contributed by atoms with Crippen molar-refractivity contribution in [2.45, 2.75) is 12.6 Å². The van der Waals surface area contributed by atoms with E-state index in [1.165, 1.54) is 11.3 Å². The molecule has 9 heteroatoms. The largest absolute Gasteiger partial charge is 0.481 e. The number of halogens is 4. The Kier molecular flexibility index (Phi) is 4.57. The molecule has 1 N–H and O–H groups in total. The molecule has 2 aromatic carbocycles. The molecule has 0 atom stereocenters. The molecular formula is C16H9ClF3NO3S. The Bertz CT molecular complexity index is 955. The summed E-state index contributed by atoms with van der Waals surface area (Å²) in [5.74, 6) is -0.566. The Morgan fingerprint density at radius 2 is 2.00 bits per heavy atom. The molecule has 0 spiro atoms. The molecule has 0 aliphatic carbocycles. The third kappa shape index (κ3) is 4.02. The maximum absolute atomic E-state index is 12.6. The van der Waals surface area contributed by atoms with Crippen LogP contribution in [0.5, 0.6) is 11.5 Å². The van der Waals surface area contributed by atoms with Gasteiger partial charge in [0.05, 0.1) is 27.2 Å². The lowest BCUT2D eigenvalue weighted by atomic mass is 10.2. The standard InChI is InChI=1S/C16H9ClF3NO3S/c17-10-5-8(16(18,19)20)1-3-12(10)24-9-2-4-13-11(6-9)21-14(25-13)7-15(22)23/h1-6H,7H2,(H,22,23). The molecule has 0 aliphatic rings. The molecule has 25 heavy (non-hydrogen) atoms. The Morgan fingerprint density at radius 3 is 2.64 bits per heavy atom. The number of benzene rings is 2. The van der Waals surface area contributed by atoms with Gasteiger partial charge in [-0.1, -0.05) is 11.6 Å². The van der Waals surface area contributed by atoms with Gasteiger partial charge in [0.2, 0.25) is 0 Å². The Labute approximate surface area is 148 Å². The van der Waals surface area contributed by atoms with Crippen LogP contribution in [0.2, 0.25) is 5.02 Å². The highest BCUT2D eigenvalue weighted by Gasteiger charge is 2.31. The van der Waals surface area contributed by atoms with Crippen LogP contribution in [-0.4, -0.2) is 16.1 Å². The normalized spacial score (nSPS) is 11.7. The first kappa shape index (κ1) is 17.5. The molecule has 0 amide bonds. The van der Waals surface area contributed by atoms with Crippen LogP contribution in [0.25, 0.3) is 10.2 Å². The summed E-state index contributed by atoms with van der Waals surface area (Å²) in [6.07, 6.45) is -4.66. The quantitative estimate of drug-likeness (QED) is 0.652. The molecule has 0 saturated carbocycles. The Balaban J connectivity index is 1.86. The monoisotopic (exact) mass is 387 g/mol. The number of ether oxygens (including phenoxy) is 1. The molecule has 130 valence electrons. The first-order chi connectivity index (χ1) is 11.7. The van der Waals surface area contributed by atoms with E-state index in [0.29, 0.717) is 16.3 Å². The zero-order valence-electron chi connectivity index (χ0n) is 12.3. The van der Waals surface area contributed by atoms with Crippen LogP contribution >= 0.6 is 22.9 Å². The average molecular weight is 388 g/mol. The van der Waals surface area contributed by atoms with E-state index in [9.17, 15) is 18.0 Å². The smallest absolute Gasteiger partial charge is 0.416 e. The van der Waals surface area contributed by atoms with Crippen molar-refractivity contribution in [3.63, 3.8) is 0 Å². The summed E-state index contributed by atoms with van der Waals surface area (Å²) in [4.78, 5) is 14.9. The van der Waals surface area contributed by atoms with E-state index in [4.69, 9.17) is 21.4 Å². The van der Waals surface area contributed by atoms with Crippen molar-refractivity contribution >= 4 is 39.1 Å². The summed E-state index contributed by atoms with van der Waals surface area (Å²) in [5.41, 5.74) is -0.320. The van der Waals surface area contributed by atoms with E-state index in [1.807, 2.05) is 0 Å². The number of carboxylic acid groups (broad SMARTS) is 1. The van der Waals surface area contributed by atoms with E-state index in [-0.39, 0.29) is 17.2 Å². The zero-order valence-corrected chi connectivity index (χ0v) is 13.9. The molecule has 0 radical (unpaired) electrons. The van der Waals surface area contributed by atoms with Gasteiger partial charge in [0.1, 0.15) is 16.5 Å². The van der Waals surface area contributed by atoms with Gasteiger partial charge in [0.15, 0.2) is 0 Å². The molecule has 0 fully saturated rings. The predicted molar refractivity (Wildman–Crippen MR) is 87.5 cm³/mol. The second-order valence-corrected chi connectivity index (χ2v) is 6.58. The van der Waals surface area contributed by atoms with Gasteiger partial charge in [-0.15, -0.1) is 11.3 Å². The molecule has 0 unspecified atom stereocenters. The molecule has 1 heterocycles. The Morgan fingerprint density at radius 1 is 1.24 bits per heavy atom. The topological polar surface area (TPSA) is 59.4 Å². The zero-order chi connectivity index (χ0) is 18.2. The lowest BCUT2D eigenvalue weighted by Crippen LogP contribution is -2.04. The van der Waals surface area contributed by atoms with Crippen LogP contribution in [0.15, 0.2) is 36.4 Å². The molecule has 3 aromatic rings. The minimum absolute atomic E-state index is 0.0787. The fourth-order valence-electron chi connectivity index (χ4n) is 2.11. The maximum atomic E-state index is 12.6. The van der Waals surface area contributed by atoms with Crippen molar-refractivity contribution in [3.05, 3.63) is 52.0 Å². The number of rotatable bonds is 4. The highest BCUT2D eigenvalue weighted by atomic mass is 35.5. The summed E-state index contributed by atoms with van der Waals surface area (Å²) >= 11 is 7.11. The second-order valence-electron chi connectivity index (χ2n) is 5.05. The first-order valence-electron chi connectivity index (χ1n) is 6.88. The number of carboxylic acids is 1. The SMILES string of the molecule is O=C(O)Cc1nc2cc(Oc3ccc(C(F)(F)F)cc3Cl)ccc2s1. The number of hydrogen-bond donors (Lipinski definition) is 1. The number of aromatic nitrogens is 1. The molecule has 0 aliphatic heterocycles. The van der Waals surface area contributed by atoms with Gasteiger partial charge in [-0.2, -0.15) is 13.2 Å². The number of hydrogen-bond acceptors (Lipinski definition) is 4. The number of alkyl halides is 3. The van der Waals surface area contributed by atoms with Gasteiger partial charge in [-0.3, -0.25) is 4.79 Å². The fraction of sp³-hybridized carbons (Fsp3) is 0.125. The highest BCUT2D eigenvalue weighted by molar-refractivity contribution is 7.18. The van der Waals surface area contributed by atoms with Crippen molar-refractivity contribution < 1.29 is 27.8 Å². The lowest BCUT2D eigenvalue weighted by molar-refractivity contribution is -0.138. The molecule has 0 saturated heterocycles. The third-order valence-electron chi connectivity index (χ3n) is 3.19. The Hall–Kier alpha value is -2.32. The van der Waals surface area contributed by atoms with Crippen LogP contribution in [0.3, 0.4) is 0 Å². The second kappa shape index (κ2) is 6.53. The van der Waals surface area contributed by atoms with Crippen molar-refractivity contribution in [1.29, 1.82) is 0 Å². The van der Waals surface area contributed by atoms with E-state index < -0.39 is 17.7 Å². The molecule has 3 rings (SSSR count). The van der Waals surface area contributed by atoms with E-state index in [1.54, 1.807) is 18.2 Å². The summed E-state index contributed by atoms with van der Waals surface area (Å²) < 4.78 is 44.2. The minimum Gasteiger partial charge on any atom is -0.481 e. The highest BCUT2D eigenvalue weighted by Crippen LogP contribution is 2.37. The molecule has 4 nitrogen and oxygen atoms in total. The number of carbonyl (C=O) groups is 1. The molecule has 1 aromatic heterocycles. The van der Waals surface area contributed by atoms with Gasteiger partial charge >= 0.3 is 12.1 Å². The average Bonchev–Trinajstić information content (AvgIpc) is 2.88. The maximum Gasteiger partial charge on any atom is 0.416 e. The summed E-state index contributed by atoms with van der Waals surface area (Å²) in [7, 11) is 0. The number of fused-ring (bicyclic) bond motifs is 1. The lowest BCUT2D eigenvalue weighted by Gasteiger charge is -2.11. The van der Waals surface area contributed by atoms with Gasteiger partial charge in [-0.05, 0) is 30.3 Å². The predicted octanol–water partition coefficient (Wildman–Crippen LogP) is 5.39. The number of nitrogens with zero attached hydrogens (tertiary/aromatic N) is 1. The van der Waals surface area contributed by atoms with Crippen LogP contribution in [0, 0.1) is 0 Å². The summed E-state index contributed by atoms with van der Waals surface area (Å²) in [6, 6.07) is 7.71. The van der Waals surface area contributed by atoms with Crippen LogP contribution < -0.4 is 4.74 Å². The van der Waals surface area contributed by atoms with Crippen LogP contribution in [0.1, 0.15) is 10.6 Å². The van der Waals surface area contributed by atoms with Crippen LogP contribution in [0.4, 0.5) is 13.2 Å². The van der Waals surface area contributed by atoms with Gasteiger partial charge in [-0.25, -0.2) is 4.98 Å². The van der Waals surface area contributed by atoms with E-state index in [0.717, 1.165) is 22.9 Å². The number of thiazole rings is 1. The number of aliphatic carboxylic acids is 1. The van der Waals surface area contributed by atoms with Crippen LogP contribution in [-0.2, 0) is 17.4 Å². The third-order valence-corrected chi connectivity index (χ3v) is 4.52. The molecule has 0 bridgehead atoms. The van der Waals surface area contributed by atoms with Gasteiger partial charge in [0.25, 0.3) is 0 Å². The van der Waals surface area contributed by atoms with Crippen molar-refractivity contribution in [1.82, 2.24) is 4.98 Å².